The maximum atomic E-state index is 10.2. The summed E-state index contributed by atoms with van der Waals surface area (Å²) in [6, 6.07) is 8.71. The molecule has 0 bridgehead atoms. The Kier molecular flexibility index (Phi) is 3.86. The van der Waals surface area contributed by atoms with E-state index >= 15 is 0 Å². The van der Waals surface area contributed by atoms with Crippen LogP contribution in [0.4, 0.5) is 0 Å². The van der Waals surface area contributed by atoms with Crippen molar-refractivity contribution in [2.75, 3.05) is 6.54 Å². The molecule has 0 aromatic heterocycles. The highest BCUT2D eigenvalue weighted by molar-refractivity contribution is 5.70. The fraction of sp³-hybridized carbons (Fsp3) is 0.593. The lowest BCUT2D eigenvalue weighted by molar-refractivity contribution is -0.0282. The van der Waals surface area contributed by atoms with E-state index in [2.05, 4.69) is 50.3 Å². The van der Waals surface area contributed by atoms with Gasteiger partial charge in [-0.2, -0.15) is 0 Å². The van der Waals surface area contributed by atoms with Gasteiger partial charge >= 0.3 is 0 Å². The van der Waals surface area contributed by atoms with Gasteiger partial charge < -0.3 is 5.11 Å². The van der Waals surface area contributed by atoms with Crippen molar-refractivity contribution in [2.24, 2.45) is 33.6 Å². The third-order valence-corrected chi connectivity index (χ3v) is 9.62. The van der Waals surface area contributed by atoms with Crippen molar-refractivity contribution in [2.45, 2.75) is 64.9 Å². The number of nitrogens with zero attached hydrogens (tertiary/aromatic N) is 1. The molecule has 1 aromatic carbocycles. The number of fused-ring (bicyclic) bond motifs is 6. The van der Waals surface area contributed by atoms with Gasteiger partial charge in [-0.25, -0.2) is 0 Å². The summed E-state index contributed by atoms with van der Waals surface area (Å²) in [7, 11) is 0. The average molecular weight is 388 g/mol. The second-order valence-electron chi connectivity index (χ2n) is 10.8. The Hall–Kier alpha value is -1.67. The Morgan fingerprint density at radius 2 is 1.79 bits per heavy atom. The van der Waals surface area contributed by atoms with E-state index < -0.39 is 0 Å². The Morgan fingerprint density at radius 3 is 2.69 bits per heavy atom. The molecule has 5 aliphatic rings. The Bertz CT molecular complexity index is 1050. The van der Waals surface area contributed by atoms with E-state index in [9.17, 15) is 5.11 Å². The predicted octanol–water partition coefficient (Wildman–Crippen LogP) is 4.33. The predicted molar refractivity (Wildman–Crippen MR) is 117 cm³/mol. The van der Waals surface area contributed by atoms with Crippen LogP contribution in [0.5, 0.6) is 0 Å². The molecule has 2 fully saturated rings. The van der Waals surface area contributed by atoms with E-state index in [0.29, 0.717) is 10.8 Å². The van der Waals surface area contributed by atoms with Gasteiger partial charge in [0.25, 0.3) is 0 Å². The minimum atomic E-state index is -0.109. The van der Waals surface area contributed by atoms with Crippen LogP contribution in [-0.2, 0) is 0 Å². The molecule has 29 heavy (non-hydrogen) atoms. The second-order valence-corrected chi connectivity index (χ2v) is 10.8. The molecule has 1 heterocycles. The minimum Gasteiger partial charge on any atom is -0.393 e. The zero-order valence-electron chi connectivity index (χ0n) is 17.8. The van der Waals surface area contributed by atoms with Gasteiger partial charge in [0, 0.05) is 5.22 Å². The van der Waals surface area contributed by atoms with Crippen LogP contribution in [0.2, 0.25) is 0 Å². The Morgan fingerprint density at radius 1 is 0.966 bits per heavy atom. The van der Waals surface area contributed by atoms with Crippen LogP contribution in [0, 0.1) is 28.6 Å². The number of hydrogen-bond donors (Lipinski definition) is 1. The van der Waals surface area contributed by atoms with Crippen LogP contribution >= 0.6 is 0 Å². The van der Waals surface area contributed by atoms with Gasteiger partial charge in [-0.3, -0.25) is 4.99 Å². The summed E-state index contributed by atoms with van der Waals surface area (Å²) < 4.78 is 0. The summed E-state index contributed by atoms with van der Waals surface area (Å²) in [5.74, 6) is 2.35. The molecule has 0 radical (unpaired) electrons. The summed E-state index contributed by atoms with van der Waals surface area (Å²) in [4.78, 5) is 4.84. The van der Waals surface area contributed by atoms with E-state index in [4.69, 9.17) is 4.99 Å². The number of allylic oxidation sites excluding steroid dienone is 2. The van der Waals surface area contributed by atoms with Crippen molar-refractivity contribution in [1.82, 2.24) is 0 Å². The first kappa shape index (κ1) is 18.1. The number of hydrogen-bond acceptors (Lipinski definition) is 2. The zero-order valence-corrected chi connectivity index (χ0v) is 17.8. The van der Waals surface area contributed by atoms with Crippen LogP contribution in [0.1, 0.15) is 58.8 Å². The van der Waals surface area contributed by atoms with Crippen LogP contribution in [-0.4, -0.2) is 17.8 Å². The van der Waals surface area contributed by atoms with Crippen molar-refractivity contribution in [3.05, 3.63) is 58.1 Å². The van der Waals surface area contributed by atoms with Crippen LogP contribution in [0.3, 0.4) is 0 Å². The number of aliphatic hydroxyl groups is 1. The van der Waals surface area contributed by atoms with E-state index in [0.717, 1.165) is 37.1 Å². The van der Waals surface area contributed by atoms with Crippen molar-refractivity contribution in [3.63, 3.8) is 0 Å². The van der Waals surface area contributed by atoms with E-state index in [-0.39, 0.29) is 6.10 Å². The first-order chi connectivity index (χ1) is 14.0. The lowest BCUT2D eigenvalue weighted by atomic mass is 9.47. The Labute approximate surface area is 174 Å². The van der Waals surface area contributed by atoms with E-state index in [1.165, 1.54) is 48.3 Å². The number of aliphatic hydroxyl groups excluding tert-OH is 1. The molecule has 4 aliphatic carbocycles. The van der Waals surface area contributed by atoms with Gasteiger partial charge in [0.2, 0.25) is 0 Å². The van der Waals surface area contributed by atoms with E-state index in [1.54, 1.807) is 11.1 Å². The molecule has 2 heteroatoms. The highest BCUT2D eigenvalue weighted by Gasteiger charge is 2.57. The molecule has 2 saturated carbocycles. The Balaban J connectivity index is 1.37. The quantitative estimate of drug-likeness (QED) is 0.715. The maximum absolute atomic E-state index is 10.2. The number of para-hydroxylation sites is 1. The summed E-state index contributed by atoms with van der Waals surface area (Å²) in [6.45, 7) is 5.95. The summed E-state index contributed by atoms with van der Waals surface area (Å²) in [5, 5.41) is 12.8. The normalized spacial score (nSPS) is 42.8. The average Bonchev–Trinajstić information content (AvgIpc) is 3.29. The molecule has 1 aliphatic heterocycles. The smallest absolute Gasteiger partial charge is 0.0656 e. The van der Waals surface area contributed by atoms with Gasteiger partial charge in [-0.1, -0.05) is 49.8 Å². The number of rotatable bonds is 1. The molecule has 2 nitrogen and oxygen atoms in total. The molecule has 152 valence electrons. The summed E-state index contributed by atoms with van der Waals surface area (Å²) in [6.07, 6.45) is 13.2. The van der Waals surface area contributed by atoms with Crippen molar-refractivity contribution in [1.29, 1.82) is 0 Å². The van der Waals surface area contributed by atoms with Gasteiger partial charge in [-0.05, 0) is 90.7 Å². The van der Waals surface area contributed by atoms with Crippen LogP contribution < -0.4 is 10.6 Å². The van der Waals surface area contributed by atoms with E-state index in [1.807, 2.05) is 0 Å². The van der Waals surface area contributed by atoms with Gasteiger partial charge in [0.05, 0.1) is 18.0 Å². The molecular formula is C27H33NO. The molecule has 6 atom stereocenters. The summed E-state index contributed by atoms with van der Waals surface area (Å²) in [5.41, 5.74) is 5.33. The van der Waals surface area contributed by atoms with Gasteiger partial charge in [-0.15, -0.1) is 0 Å². The van der Waals surface area contributed by atoms with Crippen molar-refractivity contribution >= 4 is 5.57 Å². The molecule has 3 unspecified atom stereocenters. The minimum absolute atomic E-state index is 0.109. The number of benzene rings is 1. The molecule has 0 saturated heterocycles. The fourth-order valence-corrected chi connectivity index (χ4v) is 8.02. The van der Waals surface area contributed by atoms with Crippen molar-refractivity contribution < 1.29 is 5.11 Å². The fourth-order valence-electron chi connectivity index (χ4n) is 8.02. The highest BCUT2D eigenvalue weighted by Crippen LogP contribution is 2.65. The molecule has 1 N–H and O–H groups in total. The molecule has 6 rings (SSSR count). The lowest BCUT2D eigenvalue weighted by Crippen LogP contribution is -2.50. The first-order valence-corrected chi connectivity index (χ1v) is 11.7. The highest BCUT2D eigenvalue weighted by atomic mass is 16.3. The summed E-state index contributed by atoms with van der Waals surface area (Å²) >= 11 is 0. The molecule has 0 amide bonds. The second kappa shape index (κ2) is 6.17. The lowest BCUT2D eigenvalue weighted by Gasteiger charge is -2.57. The molecule has 1 aromatic rings. The van der Waals surface area contributed by atoms with Crippen LogP contribution in [0.15, 0.2) is 52.6 Å². The van der Waals surface area contributed by atoms with Gasteiger partial charge in [0.1, 0.15) is 0 Å². The molecule has 0 spiro atoms. The largest absolute Gasteiger partial charge is 0.393 e. The SMILES string of the molecule is C[C@]12CC[C@H](O)CC1=CCC1C2CC[C@]2(C)C(C3=c4ccccc4=NC3)=CCC12. The van der Waals surface area contributed by atoms with Gasteiger partial charge in [0.15, 0.2) is 0 Å². The van der Waals surface area contributed by atoms with Crippen LogP contribution in [0.25, 0.3) is 5.57 Å². The standard InChI is InChI=1S/C27H33NO/c1-26-13-11-18(29)15-17(26)7-8-20-22-9-10-23(27(22,2)14-12-24(20)26)21-16-28-25-6-4-3-5-19(21)25/h3-7,10,18,20,22,24,29H,8-9,11-16H2,1-2H3/t18-,20?,22?,24?,26-,27-/m0/s1. The maximum Gasteiger partial charge on any atom is 0.0656 e. The molecular weight excluding hydrogens is 354 g/mol. The first-order valence-electron chi connectivity index (χ1n) is 11.7. The topological polar surface area (TPSA) is 32.6 Å². The zero-order chi connectivity index (χ0) is 19.8. The monoisotopic (exact) mass is 387 g/mol. The van der Waals surface area contributed by atoms with Crippen molar-refractivity contribution in [3.8, 4) is 0 Å². The third kappa shape index (κ3) is 2.42. The third-order valence-electron chi connectivity index (χ3n) is 9.62.